The molecule has 1 aromatic carbocycles. The minimum atomic E-state index is -0.551. The molecular formula is C14H21FN2O. The summed E-state index contributed by atoms with van der Waals surface area (Å²) >= 11 is 0. The van der Waals surface area contributed by atoms with Gasteiger partial charge in [-0.05, 0) is 43.6 Å². The van der Waals surface area contributed by atoms with Gasteiger partial charge in [-0.15, -0.1) is 0 Å². The van der Waals surface area contributed by atoms with Gasteiger partial charge >= 0.3 is 0 Å². The summed E-state index contributed by atoms with van der Waals surface area (Å²) in [6.07, 6.45) is 3.98. The third-order valence-electron chi connectivity index (χ3n) is 3.39. The fraction of sp³-hybridized carbons (Fsp3) is 0.571. The highest BCUT2D eigenvalue weighted by molar-refractivity contribution is 5.27. The van der Waals surface area contributed by atoms with Crippen molar-refractivity contribution in [2.45, 2.75) is 25.8 Å². The number of nitrogens with one attached hydrogen (secondary N) is 1. The molecule has 3 nitrogen and oxygen atoms in total. The van der Waals surface area contributed by atoms with Gasteiger partial charge in [0, 0.05) is 19.6 Å². The van der Waals surface area contributed by atoms with Crippen molar-refractivity contribution in [3.05, 3.63) is 29.6 Å². The summed E-state index contributed by atoms with van der Waals surface area (Å²) in [6, 6.07) is 4.52. The third-order valence-corrected chi connectivity index (χ3v) is 3.39. The second-order valence-corrected chi connectivity index (χ2v) is 4.86. The molecule has 1 aliphatic heterocycles. The molecule has 1 fully saturated rings. The predicted octanol–water partition coefficient (Wildman–Crippen LogP) is 2.11. The maximum absolute atomic E-state index is 13.1. The maximum atomic E-state index is 13.1. The van der Waals surface area contributed by atoms with Gasteiger partial charge in [0.2, 0.25) is 0 Å². The van der Waals surface area contributed by atoms with Crippen LogP contribution in [-0.2, 0) is 6.54 Å². The van der Waals surface area contributed by atoms with Crippen molar-refractivity contribution in [1.82, 2.24) is 10.2 Å². The van der Waals surface area contributed by atoms with E-state index >= 15 is 0 Å². The topological polar surface area (TPSA) is 35.5 Å². The van der Waals surface area contributed by atoms with E-state index < -0.39 is 5.82 Å². The van der Waals surface area contributed by atoms with E-state index in [1.165, 1.54) is 44.5 Å². The predicted molar refractivity (Wildman–Crippen MR) is 70.1 cm³/mol. The standard InChI is InChI=1S/C14H21FN2O/c15-13-10-12(4-5-14(13)18)11-16-6-9-17-7-2-1-3-8-17/h4-5,10,16,18H,1-3,6-9,11H2. The molecule has 0 radical (unpaired) electrons. The molecule has 0 amide bonds. The molecule has 1 saturated heterocycles. The first kappa shape index (κ1) is 13.3. The third kappa shape index (κ3) is 3.96. The van der Waals surface area contributed by atoms with E-state index in [-0.39, 0.29) is 5.75 Å². The normalized spacial score (nSPS) is 16.9. The molecule has 0 unspecified atom stereocenters. The summed E-state index contributed by atoms with van der Waals surface area (Å²) in [5.41, 5.74) is 0.865. The van der Waals surface area contributed by atoms with Crippen molar-refractivity contribution in [2.75, 3.05) is 26.2 Å². The lowest BCUT2D eigenvalue weighted by atomic mass is 10.1. The molecule has 0 spiro atoms. The molecule has 4 heteroatoms. The lowest BCUT2D eigenvalue weighted by Gasteiger charge is -2.26. The fourth-order valence-electron chi connectivity index (χ4n) is 2.31. The number of hydrogen-bond donors (Lipinski definition) is 2. The first-order chi connectivity index (χ1) is 8.75. The summed E-state index contributed by atoms with van der Waals surface area (Å²) in [5.74, 6) is -0.836. The van der Waals surface area contributed by atoms with Crippen LogP contribution in [0.15, 0.2) is 18.2 Å². The summed E-state index contributed by atoms with van der Waals surface area (Å²) in [5, 5.41) is 12.4. The number of phenolic OH excluding ortho intramolecular Hbond substituents is 1. The second-order valence-electron chi connectivity index (χ2n) is 4.86. The molecule has 2 N–H and O–H groups in total. The van der Waals surface area contributed by atoms with Gasteiger partial charge in [-0.25, -0.2) is 4.39 Å². The van der Waals surface area contributed by atoms with Gasteiger partial charge in [0.1, 0.15) is 0 Å². The quantitative estimate of drug-likeness (QED) is 0.788. The SMILES string of the molecule is Oc1ccc(CNCCN2CCCCC2)cc1F. The van der Waals surface area contributed by atoms with Crippen molar-refractivity contribution < 1.29 is 9.50 Å². The highest BCUT2D eigenvalue weighted by atomic mass is 19.1. The van der Waals surface area contributed by atoms with Gasteiger partial charge in [0.25, 0.3) is 0 Å². The van der Waals surface area contributed by atoms with Gasteiger partial charge in [-0.1, -0.05) is 12.5 Å². The average molecular weight is 252 g/mol. The number of hydrogen-bond acceptors (Lipinski definition) is 3. The number of halogens is 1. The molecule has 0 aromatic heterocycles. The van der Waals surface area contributed by atoms with E-state index in [0.717, 1.165) is 18.7 Å². The van der Waals surface area contributed by atoms with Crippen molar-refractivity contribution in [3.8, 4) is 5.75 Å². The summed E-state index contributed by atoms with van der Waals surface area (Å²) in [4.78, 5) is 2.47. The van der Waals surface area contributed by atoms with Crippen molar-refractivity contribution in [2.24, 2.45) is 0 Å². The smallest absolute Gasteiger partial charge is 0.165 e. The Morgan fingerprint density at radius 3 is 2.72 bits per heavy atom. The summed E-state index contributed by atoms with van der Waals surface area (Å²) < 4.78 is 13.1. The Balaban J connectivity index is 1.66. The number of phenols is 1. The number of piperidine rings is 1. The van der Waals surface area contributed by atoms with E-state index in [0.29, 0.717) is 6.54 Å². The average Bonchev–Trinajstić information content (AvgIpc) is 2.40. The largest absolute Gasteiger partial charge is 0.505 e. The molecule has 1 aromatic rings. The van der Waals surface area contributed by atoms with Gasteiger partial charge in [0.15, 0.2) is 11.6 Å². The summed E-state index contributed by atoms with van der Waals surface area (Å²) in [7, 11) is 0. The zero-order chi connectivity index (χ0) is 12.8. The molecule has 0 saturated carbocycles. The maximum Gasteiger partial charge on any atom is 0.165 e. The Hall–Kier alpha value is -1.13. The Labute approximate surface area is 108 Å². The Morgan fingerprint density at radius 1 is 1.22 bits per heavy atom. The van der Waals surface area contributed by atoms with Crippen LogP contribution in [0.5, 0.6) is 5.75 Å². The molecule has 0 bridgehead atoms. The summed E-state index contributed by atoms with van der Waals surface area (Å²) in [6.45, 7) is 5.03. The molecule has 1 aliphatic rings. The minimum absolute atomic E-state index is 0.285. The van der Waals surface area contributed by atoms with Crippen LogP contribution >= 0.6 is 0 Å². The molecular weight excluding hydrogens is 231 g/mol. The van der Waals surface area contributed by atoms with E-state index in [1.807, 2.05) is 0 Å². The van der Waals surface area contributed by atoms with Crippen LogP contribution in [0.25, 0.3) is 0 Å². The van der Waals surface area contributed by atoms with Crippen LogP contribution in [0.2, 0.25) is 0 Å². The van der Waals surface area contributed by atoms with Crippen LogP contribution in [0.1, 0.15) is 24.8 Å². The monoisotopic (exact) mass is 252 g/mol. The lowest BCUT2D eigenvalue weighted by molar-refractivity contribution is 0.229. The van der Waals surface area contributed by atoms with E-state index in [9.17, 15) is 4.39 Å². The Kier molecular flexibility index (Phi) is 4.96. The van der Waals surface area contributed by atoms with Crippen LogP contribution in [0, 0.1) is 5.82 Å². The van der Waals surface area contributed by atoms with Gasteiger partial charge in [0.05, 0.1) is 0 Å². The van der Waals surface area contributed by atoms with Crippen LogP contribution < -0.4 is 5.32 Å². The van der Waals surface area contributed by atoms with Gasteiger partial charge in [-0.3, -0.25) is 0 Å². The van der Waals surface area contributed by atoms with E-state index in [2.05, 4.69) is 10.2 Å². The highest BCUT2D eigenvalue weighted by Crippen LogP contribution is 2.15. The van der Waals surface area contributed by atoms with Crippen molar-refractivity contribution >= 4 is 0 Å². The van der Waals surface area contributed by atoms with Crippen molar-refractivity contribution in [3.63, 3.8) is 0 Å². The molecule has 0 aliphatic carbocycles. The van der Waals surface area contributed by atoms with Gasteiger partial charge in [-0.2, -0.15) is 0 Å². The van der Waals surface area contributed by atoms with Crippen LogP contribution in [0.4, 0.5) is 4.39 Å². The Morgan fingerprint density at radius 2 is 2.00 bits per heavy atom. The molecule has 2 rings (SSSR count). The first-order valence-electron chi connectivity index (χ1n) is 6.66. The van der Waals surface area contributed by atoms with E-state index in [4.69, 9.17) is 5.11 Å². The number of rotatable bonds is 5. The molecule has 0 atom stereocenters. The number of aromatic hydroxyl groups is 1. The van der Waals surface area contributed by atoms with E-state index in [1.54, 1.807) is 6.07 Å². The highest BCUT2D eigenvalue weighted by Gasteiger charge is 2.08. The zero-order valence-corrected chi connectivity index (χ0v) is 10.7. The number of nitrogens with zero attached hydrogens (tertiary/aromatic N) is 1. The molecule has 100 valence electrons. The van der Waals surface area contributed by atoms with Crippen LogP contribution in [-0.4, -0.2) is 36.2 Å². The lowest BCUT2D eigenvalue weighted by Crippen LogP contribution is -2.35. The molecule has 1 heterocycles. The number of benzene rings is 1. The second kappa shape index (κ2) is 6.71. The Bertz CT molecular complexity index is 378. The van der Waals surface area contributed by atoms with Crippen LogP contribution in [0.3, 0.4) is 0 Å². The number of likely N-dealkylation sites (tertiary alicyclic amines) is 1. The molecule has 18 heavy (non-hydrogen) atoms. The first-order valence-corrected chi connectivity index (χ1v) is 6.66. The fourth-order valence-corrected chi connectivity index (χ4v) is 2.31. The van der Waals surface area contributed by atoms with Crippen molar-refractivity contribution in [1.29, 1.82) is 0 Å². The minimum Gasteiger partial charge on any atom is -0.505 e. The zero-order valence-electron chi connectivity index (χ0n) is 10.7. The van der Waals surface area contributed by atoms with Gasteiger partial charge < -0.3 is 15.3 Å².